The standard InChI is InChI=1S/C15H15NO3/c1-10-6-7-16-9-13(10)15(17)12-5-4-11(18-2)8-14(12)19-3/h4-9H,1-3H3. The van der Waals surface area contributed by atoms with Gasteiger partial charge in [0.1, 0.15) is 11.5 Å². The second kappa shape index (κ2) is 5.52. The predicted molar refractivity (Wildman–Crippen MR) is 72.0 cm³/mol. The van der Waals surface area contributed by atoms with Gasteiger partial charge in [-0.2, -0.15) is 0 Å². The number of ether oxygens (including phenoxy) is 2. The van der Waals surface area contributed by atoms with Crippen LogP contribution in [0.4, 0.5) is 0 Å². The van der Waals surface area contributed by atoms with Crippen molar-refractivity contribution in [3.63, 3.8) is 0 Å². The van der Waals surface area contributed by atoms with Gasteiger partial charge < -0.3 is 9.47 Å². The molecular formula is C15H15NO3. The SMILES string of the molecule is COc1ccc(C(=O)c2cnccc2C)c(OC)c1. The zero-order valence-electron chi connectivity index (χ0n) is 11.1. The average Bonchev–Trinajstić information content (AvgIpc) is 2.46. The second-order valence-corrected chi connectivity index (χ2v) is 4.09. The number of aromatic nitrogens is 1. The smallest absolute Gasteiger partial charge is 0.198 e. The van der Waals surface area contributed by atoms with Crippen LogP contribution in [0.25, 0.3) is 0 Å². The van der Waals surface area contributed by atoms with Crippen LogP contribution in [-0.4, -0.2) is 25.0 Å². The van der Waals surface area contributed by atoms with Crippen molar-refractivity contribution in [2.45, 2.75) is 6.92 Å². The van der Waals surface area contributed by atoms with Crippen LogP contribution in [0.1, 0.15) is 21.5 Å². The van der Waals surface area contributed by atoms with Crippen molar-refractivity contribution in [3.05, 3.63) is 53.3 Å². The van der Waals surface area contributed by atoms with Crippen LogP contribution in [-0.2, 0) is 0 Å². The molecule has 2 rings (SSSR count). The van der Waals surface area contributed by atoms with E-state index in [4.69, 9.17) is 9.47 Å². The normalized spacial score (nSPS) is 10.1. The van der Waals surface area contributed by atoms with Crippen LogP contribution in [0.2, 0.25) is 0 Å². The minimum atomic E-state index is -0.106. The molecule has 2 aromatic rings. The van der Waals surface area contributed by atoms with Crippen molar-refractivity contribution in [1.82, 2.24) is 4.98 Å². The predicted octanol–water partition coefficient (Wildman–Crippen LogP) is 2.64. The summed E-state index contributed by atoms with van der Waals surface area (Å²) in [6.07, 6.45) is 3.23. The van der Waals surface area contributed by atoms with Gasteiger partial charge in [0, 0.05) is 24.0 Å². The van der Waals surface area contributed by atoms with Crippen molar-refractivity contribution in [1.29, 1.82) is 0 Å². The number of carbonyl (C=O) groups excluding carboxylic acids is 1. The molecule has 0 atom stereocenters. The first-order valence-corrected chi connectivity index (χ1v) is 5.84. The summed E-state index contributed by atoms with van der Waals surface area (Å²) in [4.78, 5) is 16.5. The number of aryl methyl sites for hydroxylation is 1. The summed E-state index contributed by atoms with van der Waals surface area (Å²) in [5.74, 6) is 1.04. The first-order valence-electron chi connectivity index (χ1n) is 5.84. The number of hydrogen-bond acceptors (Lipinski definition) is 4. The topological polar surface area (TPSA) is 48.4 Å². The third-order valence-corrected chi connectivity index (χ3v) is 2.94. The third kappa shape index (κ3) is 2.57. The first kappa shape index (κ1) is 13.1. The molecule has 0 unspecified atom stereocenters. The molecule has 1 aromatic carbocycles. The number of ketones is 1. The first-order chi connectivity index (χ1) is 9.17. The van der Waals surface area contributed by atoms with Gasteiger partial charge in [-0.1, -0.05) is 0 Å². The van der Waals surface area contributed by atoms with E-state index in [2.05, 4.69) is 4.98 Å². The Hall–Kier alpha value is -2.36. The number of pyridine rings is 1. The number of benzene rings is 1. The van der Waals surface area contributed by atoms with E-state index in [1.807, 2.05) is 13.0 Å². The summed E-state index contributed by atoms with van der Waals surface area (Å²) in [5, 5.41) is 0. The van der Waals surface area contributed by atoms with E-state index < -0.39 is 0 Å². The molecule has 98 valence electrons. The minimum Gasteiger partial charge on any atom is -0.497 e. The lowest BCUT2D eigenvalue weighted by Crippen LogP contribution is -2.06. The molecule has 0 amide bonds. The second-order valence-electron chi connectivity index (χ2n) is 4.09. The maximum atomic E-state index is 12.5. The molecule has 0 N–H and O–H groups in total. The molecule has 4 heteroatoms. The molecule has 19 heavy (non-hydrogen) atoms. The highest BCUT2D eigenvalue weighted by atomic mass is 16.5. The van der Waals surface area contributed by atoms with Crippen LogP contribution in [0.3, 0.4) is 0 Å². The van der Waals surface area contributed by atoms with Crippen molar-refractivity contribution in [2.24, 2.45) is 0 Å². The zero-order chi connectivity index (χ0) is 13.8. The number of rotatable bonds is 4. The van der Waals surface area contributed by atoms with Crippen molar-refractivity contribution in [2.75, 3.05) is 14.2 Å². The Morgan fingerprint density at radius 2 is 1.89 bits per heavy atom. The molecule has 0 spiro atoms. The fourth-order valence-electron chi connectivity index (χ4n) is 1.83. The van der Waals surface area contributed by atoms with Gasteiger partial charge >= 0.3 is 0 Å². The fourth-order valence-corrected chi connectivity index (χ4v) is 1.83. The molecule has 4 nitrogen and oxygen atoms in total. The van der Waals surface area contributed by atoms with Gasteiger partial charge in [-0.05, 0) is 30.7 Å². The number of hydrogen-bond donors (Lipinski definition) is 0. The molecule has 0 fully saturated rings. The monoisotopic (exact) mass is 257 g/mol. The summed E-state index contributed by atoms with van der Waals surface area (Å²) in [7, 11) is 3.10. The molecule has 0 radical (unpaired) electrons. The average molecular weight is 257 g/mol. The molecular weight excluding hydrogens is 242 g/mol. The summed E-state index contributed by atoms with van der Waals surface area (Å²) in [6, 6.07) is 6.94. The zero-order valence-corrected chi connectivity index (χ0v) is 11.1. The maximum Gasteiger partial charge on any atom is 0.198 e. The van der Waals surface area contributed by atoms with E-state index in [0.717, 1.165) is 5.56 Å². The molecule has 1 heterocycles. The van der Waals surface area contributed by atoms with Gasteiger partial charge in [-0.15, -0.1) is 0 Å². The Labute approximate surface area is 112 Å². The minimum absolute atomic E-state index is 0.106. The number of methoxy groups -OCH3 is 2. The lowest BCUT2D eigenvalue weighted by molar-refractivity contribution is 0.103. The lowest BCUT2D eigenvalue weighted by atomic mass is 10.0. The molecule has 0 aliphatic heterocycles. The highest BCUT2D eigenvalue weighted by Crippen LogP contribution is 2.27. The maximum absolute atomic E-state index is 12.5. The molecule has 0 saturated heterocycles. The van der Waals surface area contributed by atoms with E-state index in [1.54, 1.807) is 37.7 Å². The van der Waals surface area contributed by atoms with Gasteiger partial charge in [0.15, 0.2) is 5.78 Å². The molecule has 0 saturated carbocycles. The lowest BCUT2D eigenvalue weighted by Gasteiger charge is -2.10. The van der Waals surface area contributed by atoms with Crippen LogP contribution in [0, 0.1) is 6.92 Å². The van der Waals surface area contributed by atoms with Crippen LogP contribution >= 0.6 is 0 Å². The number of nitrogens with zero attached hydrogens (tertiary/aromatic N) is 1. The Balaban J connectivity index is 2.47. The van der Waals surface area contributed by atoms with Gasteiger partial charge in [-0.3, -0.25) is 9.78 Å². The van der Waals surface area contributed by atoms with E-state index >= 15 is 0 Å². The Morgan fingerprint density at radius 3 is 2.53 bits per heavy atom. The highest BCUT2D eigenvalue weighted by Gasteiger charge is 2.17. The molecule has 0 bridgehead atoms. The Morgan fingerprint density at radius 1 is 1.11 bits per heavy atom. The van der Waals surface area contributed by atoms with Crippen LogP contribution in [0.15, 0.2) is 36.7 Å². The molecule has 0 aliphatic rings. The van der Waals surface area contributed by atoms with Gasteiger partial charge in [0.05, 0.1) is 19.8 Å². The summed E-state index contributed by atoms with van der Waals surface area (Å²) < 4.78 is 10.4. The van der Waals surface area contributed by atoms with Crippen molar-refractivity contribution < 1.29 is 14.3 Å². The van der Waals surface area contributed by atoms with Crippen molar-refractivity contribution >= 4 is 5.78 Å². The van der Waals surface area contributed by atoms with E-state index in [1.165, 1.54) is 7.11 Å². The van der Waals surface area contributed by atoms with Crippen LogP contribution in [0.5, 0.6) is 11.5 Å². The van der Waals surface area contributed by atoms with E-state index in [0.29, 0.717) is 22.6 Å². The van der Waals surface area contributed by atoms with Gasteiger partial charge in [0.25, 0.3) is 0 Å². The quantitative estimate of drug-likeness (QED) is 0.790. The largest absolute Gasteiger partial charge is 0.497 e. The number of carbonyl (C=O) groups is 1. The Kier molecular flexibility index (Phi) is 3.80. The van der Waals surface area contributed by atoms with Crippen molar-refractivity contribution in [3.8, 4) is 11.5 Å². The summed E-state index contributed by atoms with van der Waals surface area (Å²) in [5.41, 5.74) is 1.96. The molecule has 1 aromatic heterocycles. The Bertz CT molecular complexity index is 608. The van der Waals surface area contributed by atoms with Gasteiger partial charge in [0.2, 0.25) is 0 Å². The molecule has 0 aliphatic carbocycles. The van der Waals surface area contributed by atoms with Gasteiger partial charge in [-0.25, -0.2) is 0 Å². The highest BCUT2D eigenvalue weighted by molar-refractivity contribution is 6.11. The third-order valence-electron chi connectivity index (χ3n) is 2.94. The van der Waals surface area contributed by atoms with E-state index in [-0.39, 0.29) is 5.78 Å². The van der Waals surface area contributed by atoms with Crippen LogP contribution < -0.4 is 9.47 Å². The van der Waals surface area contributed by atoms with E-state index in [9.17, 15) is 4.79 Å². The summed E-state index contributed by atoms with van der Waals surface area (Å²) in [6.45, 7) is 1.88. The summed E-state index contributed by atoms with van der Waals surface area (Å²) >= 11 is 0. The fraction of sp³-hybridized carbons (Fsp3) is 0.200.